The number of carbonyl (C=O) groups is 1. The quantitative estimate of drug-likeness (QED) is 0.346. The van der Waals surface area contributed by atoms with Gasteiger partial charge in [-0.2, -0.15) is 15.0 Å². The van der Waals surface area contributed by atoms with Crippen LogP contribution in [0.5, 0.6) is 5.75 Å². The second kappa shape index (κ2) is 11.0. The highest BCUT2D eigenvalue weighted by atomic mass is 19.4. The van der Waals surface area contributed by atoms with Crippen LogP contribution in [-0.2, 0) is 19.5 Å². The highest BCUT2D eigenvalue weighted by Gasteiger charge is 2.32. The Morgan fingerprint density at radius 1 is 0.974 bits per heavy atom. The van der Waals surface area contributed by atoms with E-state index in [0.29, 0.717) is 42.8 Å². The number of nitrogens with zero attached hydrogens (tertiary/aromatic N) is 4. The number of para-hydroxylation sites is 1. The molecule has 0 atom stereocenters. The van der Waals surface area contributed by atoms with Gasteiger partial charge in [0.15, 0.2) is 5.82 Å². The Bertz CT molecular complexity index is 1480. The summed E-state index contributed by atoms with van der Waals surface area (Å²) >= 11 is 0. The van der Waals surface area contributed by atoms with Crippen molar-refractivity contribution in [1.29, 1.82) is 0 Å². The molecule has 0 fully saturated rings. The van der Waals surface area contributed by atoms with Crippen LogP contribution in [0.2, 0.25) is 0 Å². The van der Waals surface area contributed by atoms with E-state index < -0.39 is 6.36 Å². The zero-order chi connectivity index (χ0) is 27.4. The molecular weight excluding hydrogens is 509 g/mol. The Morgan fingerprint density at radius 3 is 2.51 bits per heavy atom. The molecule has 4 aromatic rings. The van der Waals surface area contributed by atoms with Crippen molar-refractivity contribution in [2.45, 2.75) is 25.9 Å². The van der Waals surface area contributed by atoms with Crippen LogP contribution in [0.15, 0.2) is 72.8 Å². The molecule has 1 amide bonds. The molecule has 11 heteroatoms. The van der Waals surface area contributed by atoms with Gasteiger partial charge in [-0.25, -0.2) is 0 Å². The number of rotatable bonds is 7. The molecule has 0 saturated heterocycles. The van der Waals surface area contributed by atoms with Gasteiger partial charge in [-0.05, 0) is 35.7 Å². The van der Waals surface area contributed by atoms with Gasteiger partial charge in [0, 0.05) is 43.4 Å². The molecule has 2 heterocycles. The number of hydrogen-bond acceptors (Lipinski definition) is 7. The fourth-order valence-electron chi connectivity index (χ4n) is 4.35. The number of alkyl halides is 3. The molecule has 0 bridgehead atoms. The van der Waals surface area contributed by atoms with Crippen molar-refractivity contribution < 1.29 is 22.7 Å². The van der Waals surface area contributed by atoms with E-state index in [1.807, 2.05) is 42.5 Å². The Labute approximate surface area is 222 Å². The molecule has 0 radical (unpaired) electrons. The topological polar surface area (TPSA) is 92.3 Å². The predicted molar refractivity (Wildman–Crippen MR) is 140 cm³/mol. The lowest BCUT2D eigenvalue weighted by molar-refractivity contribution is -0.274. The molecule has 3 aromatic carbocycles. The molecule has 5 rings (SSSR count). The molecule has 0 unspecified atom stereocenters. The third-order valence-corrected chi connectivity index (χ3v) is 6.28. The zero-order valence-electron chi connectivity index (χ0n) is 21.0. The van der Waals surface area contributed by atoms with E-state index in [9.17, 15) is 18.0 Å². The van der Waals surface area contributed by atoms with Gasteiger partial charge < -0.3 is 20.3 Å². The van der Waals surface area contributed by atoms with Crippen LogP contribution in [-0.4, -0.2) is 40.8 Å². The third-order valence-electron chi connectivity index (χ3n) is 6.28. The lowest BCUT2D eigenvalue weighted by Crippen LogP contribution is -2.32. The summed E-state index contributed by atoms with van der Waals surface area (Å²) in [5.74, 6) is 0.876. The summed E-state index contributed by atoms with van der Waals surface area (Å²) in [5, 5.41) is 5.68. The smallest absolute Gasteiger partial charge is 0.405 e. The standard InChI is InChI=1S/C28H25F3N6O2/c1-32-26-34-24(18-7-3-2-4-8-18)35-27(36-26)37-14-13-19-15-20(11-12-22(19)17-37)25(38)33-16-21-9-5-6-10-23(21)39-28(29,30)31/h2-12,15H,13-14,16-17H2,1H3,(H,33,38)(H,32,34,35,36). The second-order valence-corrected chi connectivity index (χ2v) is 8.89. The van der Waals surface area contributed by atoms with Gasteiger partial charge in [-0.3, -0.25) is 4.79 Å². The molecule has 2 N–H and O–H groups in total. The first-order chi connectivity index (χ1) is 18.8. The van der Waals surface area contributed by atoms with Crippen LogP contribution in [0.3, 0.4) is 0 Å². The summed E-state index contributed by atoms with van der Waals surface area (Å²) in [6, 6.07) is 20.8. The number of carbonyl (C=O) groups excluding carboxylic acids is 1. The minimum absolute atomic E-state index is 0.104. The molecule has 1 aromatic heterocycles. The Kier molecular flexibility index (Phi) is 7.31. The fraction of sp³-hybridized carbons (Fsp3) is 0.214. The van der Waals surface area contributed by atoms with E-state index in [0.717, 1.165) is 16.7 Å². The first-order valence-electron chi connectivity index (χ1n) is 12.3. The average Bonchev–Trinajstić information content (AvgIpc) is 2.95. The summed E-state index contributed by atoms with van der Waals surface area (Å²) in [7, 11) is 1.76. The molecule has 1 aliphatic heterocycles. The summed E-state index contributed by atoms with van der Waals surface area (Å²) in [5.41, 5.74) is 3.60. The number of anilines is 2. The van der Waals surface area contributed by atoms with Crippen molar-refractivity contribution in [1.82, 2.24) is 20.3 Å². The van der Waals surface area contributed by atoms with Crippen molar-refractivity contribution in [3.05, 3.63) is 95.1 Å². The normalized spacial score (nSPS) is 13.0. The fourth-order valence-corrected chi connectivity index (χ4v) is 4.35. The summed E-state index contributed by atoms with van der Waals surface area (Å²) in [4.78, 5) is 28.6. The SMILES string of the molecule is CNc1nc(-c2ccccc2)nc(N2CCc3cc(C(=O)NCc4ccccc4OC(F)(F)F)ccc3C2)n1. The monoisotopic (exact) mass is 534 g/mol. The van der Waals surface area contributed by atoms with E-state index in [2.05, 4.69) is 30.2 Å². The molecule has 0 saturated carbocycles. The van der Waals surface area contributed by atoms with Crippen LogP contribution in [0.4, 0.5) is 25.1 Å². The number of hydrogen-bond donors (Lipinski definition) is 2. The van der Waals surface area contributed by atoms with Crippen LogP contribution < -0.4 is 20.3 Å². The lowest BCUT2D eigenvalue weighted by Gasteiger charge is -2.29. The molecule has 1 aliphatic rings. The maximum Gasteiger partial charge on any atom is 0.573 e. The molecule has 0 aliphatic carbocycles. The minimum Gasteiger partial charge on any atom is -0.405 e. The van der Waals surface area contributed by atoms with Gasteiger partial charge in [0.25, 0.3) is 5.91 Å². The van der Waals surface area contributed by atoms with Gasteiger partial charge in [-0.15, -0.1) is 13.2 Å². The summed E-state index contributed by atoms with van der Waals surface area (Å²) in [6.07, 6.45) is -4.15. The number of aromatic nitrogens is 3. The van der Waals surface area contributed by atoms with Crippen molar-refractivity contribution in [2.24, 2.45) is 0 Å². The minimum atomic E-state index is -4.81. The van der Waals surface area contributed by atoms with E-state index in [-0.39, 0.29) is 23.8 Å². The van der Waals surface area contributed by atoms with Gasteiger partial charge in [0.05, 0.1) is 0 Å². The summed E-state index contributed by atoms with van der Waals surface area (Å²) < 4.78 is 42.1. The predicted octanol–water partition coefficient (Wildman–Crippen LogP) is 4.97. The molecular formula is C28H25F3N6O2. The highest BCUT2D eigenvalue weighted by molar-refractivity contribution is 5.94. The van der Waals surface area contributed by atoms with Crippen LogP contribution in [0, 0.1) is 0 Å². The Morgan fingerprint density at radius 2 is 1.74 bits per heavy atom. The maximum atomic E-state index is 12.8. The first-order valence-corrected chi connectivity index (χ1v) is 12.3. The number of benzene rings is 3. The Balaban J connectivity index is 1.29. The highest BCUT2D eigenvalue weighted by Crippen LogP contribution is 2.27. The number of halogens is 3. The molecule has 39 heavy (non-hydrogen) atoms. The van der Waals surface area contributed by atoms with Crippen LogP contribution in [0.25, 0.3) is 11.4 Å². The average molecular weight is 535 g/mol. The number of ether oxygens (including phenoxy) is 1. The van der Waals surface area contributed by atoms with Crippen LogP contribution in [0.1, 0.15) is 27.0 Å². The van der Waals surface area contributed by atoms with Crippen molar-refractivity contribution >= 4 is 17.8 Å². The number of nitrogens with one attached hydrogen (secondary N) is 2. The lowest BCUT2D eigenvalue weighted by atomic mass is 9.97. The molecule has 0 spiro atoms. The van der Waals surface area contributed by atoms with E-state index >= 15 is 0 Å². The number of amides is 1. The molecule has 200 valence electrons. The van der Waals surface area contributed by atoms with Gasteiger partial charge in [0.1, 0.15) is 5.75 Å². The number of fused-ring (bicyclic) bond motifs is 1. The van der Waals surface area contributed by atoms with Crippen LogP contribution >= 0.6 is 0 Å². The Hall–Kier alpha value is -4.67. The zero-order valence-corrected chi connectivity index (χ0v) is 21.0. The summed E-state index contributed by atoms with van der Waals surface area (Å²) in [6.45, 7) is 1.09. The van der Waals surface area contributed by atoms with Gasteiger partial charge >= 0.3 is 6.36 Å². The van der Waals surface area contributed by atoms with Crippen molar-refractivity contribution in [3.63, 3.8) is 0 Å². The van der Waals surface area contributed by atoms with E-state index in [1.165, 1.54) is 18.2 Å². The van der Waals surface area contributed by atoms with E-state index in [1.54, 1.807) is 19.2 Å². The van der Waals surface area contributed by atoms with E-state index in [4.69, 9.17) is 4.98 Å². The largest absolute Gasteiger partial charge is 0.573 e. The van der Waals surface area contributed by atoms with Gasteiger partial charge in [0.2, 0.25) is 11.9 Å². The first kappa shape index (κ1) is 26.0. The maximum absolute atomic E-state index is 12.8. The third kappa shape index (κ3) is 6.25. The second-order valence-electron chi connectivity index (χ2n) is 8.89. The van der Waals surface area contributed by atoms with Crippen molar-refractivity contribution in [3.8, 4) is 17.1 Å². The van der Waals surface area contributed by atoms with Crippen molar-refractivity contribution in [2.75, 3.05) is 23.8 Å². The molecule has 8 nitrogen and oxygen atoms in total. The van der Waals surface area contributed by atoms with Gasteiger partial charge in [-0.1, -0.05) is 54.6 Å².